The summed E-state index contributed by atoms with van der Waals surface area (Å²) in [7, 11) is 1.90. The Balaban J connectivity index is 2.49. The monoisotopic (exact) mass is 283 g/mol. The van der Waals surface area contributed by atoms with Gasteiger partial charge in [-0.15, -0.1) is 0 Å². The maximum absolute atomic E-state index is 8.97. The SMILES string of the molecule is Cc1nn(C)c(N2CCSC(C)C2C)c1C(N)=NO. The predicted octanol–water partition coefficient (Wildman–Crippen LogP) is 1.15. The third-order valence-corrected chi connectivity index (χ3v) is 5.05. The average Bonchev–Trinajstić information content (AvgIpc) is 2.67. The second-order valence-electron chi connectivity index (χ2n) is 4.90. The summed E-state index contributed by atoms with van der Waals surface area (Å²) in [6, 6.07) is 0.388. The molecule has 0 aliphatic carbocycles. The van der Waals surface area contributed by atoms with Crippen LogP contribution in [0, 0.1) is 6.92 Å². The summed E-state index contributed by atoms with van der Waals surface area (Å²) in [4.78, 5) is 2.30. The van der Waals surface area contributed by atoms with E-state index in [-0.39, 0.29) is 5.84 Å². The number of aryl methyl sites for hydroxylation is 2. The largest absolute Gasteiger partial charge is 0.409 e. The number of oxime groups is 1. The Labute approximate surface area is 117 Å². The first-order valence-electron chi connectivity index (χ1n) is 6.37. The van der Waals surface area contributed by atoms with Gasteiger partial charge in [0, 0.05) is 30.6 Å². The zero-order valence-corrected chi connectivity index (χ0v) is 12.6. The van der Waals surface area contributed by atoms with Gasteiger partial charge in [-0.2, -0.15) is 16.9 Å². The van der Waals surface area contributed by atoms with E-state index in [0.717, 1.165) is 29.4 Å². The molecule has 1 aromatic heterocycles. The lowest BCUT2D eigenvalue weighted by Gasteiger charge is -2.39. The zero-order chi connectivity index (χ0) is 14.2. The van der Waals surface area contributed by atoms with Crippen molar-refractivity contribution in [3.05, 3.63) is 11.3 Å². The molecule has 3 N–H and O–H groups in total. The van der Waals surface area contributed by atoms with Crippen LogP contribution in [-0.2, 0) is 7.05 Å². The van der Waals surface area contributed by atoms with Gasteiger partial charge in [0.15, 0.2) is 5.84 Å². The fraction of sp³-hybridized carbons (Fsp3) is 0.667. The summed E-state index contributed by atoms with van der Waals surface area (Å²) in [6.07, 6.45) is 0. The van der Waals surface area contributed by atoms with Gasteiger partial charge in [0.2, 0.25) is 0 Å². The molecule has 19 heavy (non-hydrogen) atoms. The van der Waals surface area contributed by atoms with Crippen molar-refractivity contribution >= 4 is 23.4 Å². The maximum Gasteiger partial charge on any atom is 0.175 e. The summed E-state index contributed by atoms with van der Waals surface area (Å²) in [5, 5.41) is 17.1. The van der Waals surface area contributed by atoms with E-state index in [0.29, 0.717) is 11.3 Å². The second kappa shape index (κ2) is 5.32. The number of thioether (sulfide) groups is 1. The van der Waals surface area contributed by atoms with Gasteiger partial charge < -0.3 is 15.8 Å². The van der Waals surface area contributed by atoms with Crippen molar-refractivity contribution in [3.63, 3.8) is 0 Å². The van der Waals surface area contributed by atoms with Crippen LogP contribution in [0.2, 0.25) is 0 Å². The van der Waals surface area contributed by atoms with Gasteiger partial charge in [0.1, 0.15) is 5.82 Å². The van der Waals surface area contributed by atoms with Crippen molar-refractivity contribution in [2.45, 2.75) is 32.1 Å². The summed E-state index contributed by atoms with van der Waals surface area (Å²) >= 11 is 1.98. The van der Waals surface area contributed by atoms with Gasteiger partial charge in [0.25, 0.3) is 0 Å². The van der Waals surface area contributed by atoms with Crippen LogP contribution in [0.15, 0.2) is 5.16 Å². The number of rotatable bonds is 2. The smallest absolute Gasteiger partial charge is 0.175 e. The van der Waals surface area contributed by atoms with E-state index in [9.17, 15) is 0 Å². The van der Waals surface area contributed by atoms with Crippen LogP contribution < -0.4 is 10.6 Å². The molecule has 1 aliphatic heterocycles. The highest BCUT2D eigenvalue weighted by molar-refractivity contribution is 8.00. The van der Waals surface area contributed by atoms with E-state index >= 15 is 0 Å². The minimum atomic E-state index is 0.124. The van der Waals surface area contributed by atoms with Crippen LogP contribution in [0.4, 0.5) is 5.82 Å². The Hall–Kier alpha value is -1.37. The molecular weight excluding hydrogens is 262 g/mol. The minimum absolute atomic E-state index is 0.124. The molecule has 106 valence electrons. The summed E-state index contributed by atoms with van der Waals surface area (Å²) in [5.74, 6) is 2.14. The Morgan fingerprint density at radius 1 is 1.53 bits per heavy atom. The Morgan fingerprint density at radius 2 is 2.21 bits per heavy atom. The van der Waals surface area contributed by atoms with Crippen molar-refractivity contribution in [2.24, 2.45) is 17.9 Å². The molecular formula is C12H21N5OS. The van der Waals surface area contributed by atoms with E-state index in [4.69, 9.17) is 10.9 Å². The normalized spacial score (nSPS) is 24.8. The predicted molar refractivity (Wildman–Crippen MR) is 79.2 cm³/mol. The highest BCUT2D eigenvalue weighted by atomic mass is 32.2. The first-order valence-corrected chi connectivity index (χ1v) is 7.42. The molecule has 2 rings (SSSR count). The Bertz CT molecular complexity index is 499. The molecule has 1 aromatic rings. The number of anilines is 1. The van der Waals surface area contributed by atoms with E-state index < -0.39 is 0 Å². The Morgan fingerprint density at radius 3 is 2.84 bits per heavy atom. The highest BCUT2D eigenvalue weighted by Gasteiger charge is 2.31. The molecule has 0 saturated carbocycles. The van der Waals surface area contributed by atoms with Crippen LogP contribution in [0.25, 0.3) is 0 Å². The van der Waals surface area contributed by atoms with Gasteiger partial charge in [-0.25, -0.2) is 0 Å². The van der Waals surface area contributed by atoms with E-state index in [1.807, 2.05) is 30.4 Å². The average molecular weight is 283 g/mol. The van der Waals surface area contributed by atoms with Crippen LogP contribution in [0.5, 0.6) is 0 Å². The van der Waals surface area contributed by atoms with E-state index in [1.165, 1.54) is 0 Å². The molecule has 1 aliphatic rings. The van der Waals surface area contributed by atoms with Crippen molar-refractivity contribution < 1.29 is 5.21 Å². The minimum Gasteiger partial charge on any atom is -0.409 e. The molecule has 2 unspecified atom stereocenters. The quantitative estimate of drug-likeness (QED) is 0.368. The number of amidine groups is 1. The fourth-order valence-electron chi connectivity index (χ4n) is 2.56. The molecule has 2 heterocycles. The van der Waals surface area contributed by atoms with Gasteiger partial charge in [-0.05, 0) is 13.8 Å². The van der Waals surface area contributed by atoms with Gasteiger partial charge in [-0.1, -0.05) is 12.1 Å². The van der Waals surface area contributed by atoms with Crippen molar-refractivity contribution in [3.8, 4) is 0 Å². The molecule has 0 aromatic carbocycles. The fourth-order valence-corrected chi connectivity index (χ4v) is 3.66. The van der Waals surface area contributed by atoms with Crippen molar-refractivity contribution in [1.82, 2.24) is 9.78 Å². The molecule has 0 amide bonds. The number of aromatic nitrogens is 2. The van der Waals surface area contributed by atoms with E-state index in [2.05, 4.69) is 29.0 Å². The molecule has 0 radical (unpaired) electrons. The standard InChI is InChI=1S/C12H21N5OS/c1-7-10(11(13)15-18)12(16(4)14-7)17-5-6-19-9(3)8(17)2/h8-9,18H,5-6H2,1-4H3,(H2,13,15). The highest BCUT2D eigenvalue weighted by Crippen LogP contribution is 2.32. The molecule has 1 saturated heterocycles. The molecule has 6 nitrogen and oxygen atoms in total. The van der Waals surface area contributed by atoms with Gasteiger partial charge in [-0.3, -0.25) is 4.68 Å². The third-order valence-electron chi connectivity index (χ3n) is 3.71. The van der Waals surface area contributed by atoms with Crippen molar-refractivity contribution in [2.75, 3.05) is 17.2 Å². The number of nitrogens with zero attached hydrogens (tertiary/aromatic N) is 4. The molecule has 0 spiro atoms. The number of nitrogens with two attached hydrogens (primary N) is 1. The summed E-state index contributed by atoms with van der Waals surface area (Å²) < 4.78 is 1.82. The molecule has 1 fully saturated rings. The lowest BCUT2D eigenvalue weighted by molar-refractivity contribution is 0.318. The number of hydrogen-bond donors (Lipinski definition) is 2. The maximum atomic E-state index is 8.97. The number of hydrogen-bond acceptors (Lipinski definition) is 5. The summed E-state index contributed by atoms with van der Waals surface area (Å²) in [6.45, 7) is 7.26. The topological polar surface area (TPSA) is 79.7 Å². The first-order chi connectivity index (χ1) is 8.97. The first kappa shape index (κ1) is 14.0. The van der Waals surface area contributed by atoms with Gasteiger partial charge >= 0.3 is 0 Å². The molecule has 0 bridgehead atoms. The molecule has 2 atom stereocenters. The lowest BCUT2D eigenvalue weighted by Crippen LogP contribution is -2.46. The van der Waals surface area contributed by atoms with Crippen molar-refractivity contribution in [1.29, 1.82) is 0 Å². The van der Waals surface area contributed by atoms with E-state index in [1.54, 1.807) is 0 Å². The Kier molecular flexibility index (Phi) is 3.93. The summed E-state index contributed by atoms with van der Waals surface area (Å²) in [5.41, 5.74) is 7.33. The second-order valence-corrected chi connectivity index (χ2v) is 6.39. The van der Waals surface area contributed by atoms with Crippen LogP contribution in [0.3, 0.4) is 0 Å². The van der Waals surface area contributed by atoms with Crippen LogP contribution >= 0.6 is 11.8 Å². The third kappa shape index (κ3) is 2.39. The van der Waals surface area contributed by atoms with Gasteiger partial charge in [0.05, 0.1) is 11.3 Å². The molecule has 7 heteroatoms. The van der Waals surface area contributed by atoms with Crippen LogP contribution in [-0.4, -0.2) is 44.4 Å². The van der Waals surface area contributed by atoms with Crippen LogP contribution in [0.1, 0.15) is 25.1 Å². The zero-order valence-electron chi connectivity index (χ0n) is 11.8. The lowest BCUT2D eigenvalue weighted by atomic mass is 10.1.